The van der Waals surface area contributed by atoms with Crippen LogP contribution < -0.4 is 10.2 Å². The van der Waals surface area contributed by atoms with Gasteiger partial charge in [-0.1, -0.05) is 26.0 Å². The van der Waals surface area contributed by atoms with Crippen LogP contribution in [0.15, 0.2) is 24.3 Å². The Kier molecular flexibility index (Phi) is 6.25. The van der Waals surface area contributed by atoms with Crippen molar-refractivity contribution < 1.29 is 23.6 Å². The number of amides is 1. The van der Waals surface area contributed by atoms with Crippen LogP contribution in [0.25, 0.3) is 0 Å². The first-order chi connectivity index (χ1) is 13.1. The van der Waals surface area contributed by atoms with Crippen molar-refractivity contribution in [3.63, 3.8) is 0 Å². The number of nitrogens with zero attached hydrogens (tertiary/aromatic N) is 1. The SMILES string of the molecule is CC1(C)COB(c2cccc(O[C@H]3CCCN(C(=O)OC(C)(C)C)C3)c2)OC1. The Hall–Kier alpha value is -1.73. The van der Waals surface area contributed by atoms with Crippen molar-refractivity contribution >= 4 is 18.7 Å². The number of piperidine rings is 1. The van der Waals surface area contributed by atoms with Crippen molar-refractivity contribution in [3.8, 4) is 5.75 Å². The Morgan fingerprint density at radius 3 is 2.64 bits per heavy atom. The van der Waals surface area contributed by atoms with Gasteiger partial charge in [-0.05, 0) is 51.2 Å². The minimum Gasteiger partial charge on any atom is -0.489 e. The van der Waals surface area contributed by atoms with Crippen molar-refractivity contribution in [1.29, 1.82) is 0 Å². The second kappa shape index (κ2) is 8.33. The molecule has 2 fully saturated rings. The lowest BCUT2D eigenvalue weighted by Gasteiger charge is -2.34. The minimum absolute atomic E-state index is 0.0395. The number of hydrogen-bond acceptors (Lipinski definition) is 5. The fourth-order valence-corrected chi connectivity index (χ4v) is 3.34. The zero-order chi connectivity index (χ0) is 20.4. The summed E-state index contributed by atoms with van der Waals surface area (Å²) in [6, 6.07) is 7.84. The lowest BCUT2D eigenvalue weighted by molar-refractivity contribution is 0.00776. The van der Waals surface area contributed by atoms with E-state index >= 15 is 0 Å². The van der Waals surface area contributed by atoms with E-state index in [1.54, 1.807) is 4.90 Å². The summed E-state index contributed by atoms with van der Waals surface area (Å²) >= 11 is 0. The summed E-state index contributed by atoms with van der Waals surface area (Å²) in [4.78, 5) is 14.1. The lowest BCUT2D eigenvalue weighted by atomic mass is 9.76. The number of rotatable bonds is 3. The summed E-state index contributed by atoms with van der Waals surface area (Å²) in [5.74, 6) is 0.769. The van der Waals surface area contributed by atoms with Gasteiger partial charge in [-0.25, -0.2) is 4.79 Å². The smallest absolute Gasteiger partial charge is 0.489 e. The summed E-state index contributed by atoms with van der Waals surface area (Å²) in [5, 5.41) is 0. The number of carbonyl (C=O) groups is 1. The molecule has 1 aromatic rings. The molecule has 28 heavy (non-hydrogen) atoms. The molecule has 1 atom stereocenters. The molecule has 1 aromatic carbocycles. The van der Waals surface area contributed by atoms with Crippen LogP contribution in [0.3, 0.4) is 0 Å². The van der Waals surface area contributed by atoms with E-state index in [0.717, 1.165) is 24.1 Å². The van der Waals surface area contributed by atoms with Gasteiger partial charge in [-0.3, -0.25) is 0 Å². The van der Waals surface area contributed by atoms with E-state index < -0.39 is 5.60 Å². The molecule has 2 heterocycles. The molecular weight excluding hydrogens is 357 g/mol. The Morgan fingerprint density at radius 2 is 1.96 bits per heavy atom. The molecule has 0 spiro atoms. The van der Waals surface area contributed by atoms with Crippen molar-refractivity contribution in [2.75, 3.05) is 26.3 Å². The van der Waals surface area contributed by atoms with Gasteiger partial charge in [0.25, 0.3) is 0 Å². The van der Waals surface area contributed by atoms with Gasteiger partial charge >= 0.3 is 13.2 Å². The molecule has 1 amide bonds. The van der Waals surface area contributed by atoms with E-state index in [0.29, 0.717) is 26.3 Å². The molecule has 2 saturated heterocycles. The first-order valence-corrected chi connectivity index (χ1v) is 10.1. The topological polar surface area (TPSA) is 57.2 Å². The molecule has 7 heteroatoms. The summed E-state index contributed by atoms with van der Waals surface area (Å²) in [7, 11) is -0.360. The van der Waals surface area contributed by atoms with Crippen LogP contribution in [-0.2, 0) is 14.0 Å². The van der Waals surface area contributed by atoms with Gasteiger partial charge in [0.2, 0.25) is 0 Å². The Balaban J connectivity index is 1.58. The molecule has 3 rings (SSSR count). The van der Waals surface area contributed by atoms with E-state index in [-0.39, 0.29) is 24.7 Å². The lowest BCUT2D eigenvalue weighted by Crippen LogP contribution is -2.47. The second-order valence-corrected chi connectivity index (χ2v) is 9.50. The maximum absolute atomic E-state index is 12.3. The van der Waals surface area contributed by atoms with Gasteiger partial charge < -0.3 is 23.7 Å². The number of likely N-dealkylation sites (tertiary alicyclic amines) is 1. The highest BCUT2D eigenvalue weighted by Gasteiger charge is 2.34. The third-order valence-corrected chi connectivity index (χ3v) is 4.71. The highest BCUT2D eigenvalue weighted by atomic mass is 16.6. The number of carbonyl (C=O) groups excluding carboxylic acids is 1. The van der Waals surface area contributed by atoms with Crippen LogP contribution in [0, 0.1) is 5.41 Å². The zero-order valence-corrected chi connectivity index (χ0v) is 17.7. The monoisotopic (exact) mass is 389 g/mol. The predicted octanol–water partition coefficient (Wildman–Crippen LogP) is 3.23. The second-order valence-electron chi connectivity index (χ2n) is 9.50. The van der Waals surface area contributed by atoms with E-state index in [2.05, 4.69) is 13.8 Å². The first kappa shape index (κ1) is 21.0. The average Bonchev–Trinajstić information content (AvgIpc) is 2.61. The fraction of sp³-hybridized carbons (Fsp3) is 0.667. The Labute approximate surface area is 168 Å². The van der Waals surface area contributed by atoms with Crippen LogP contribution in [-0.4, -0.2) is 56.1 Å². The van der Waals surface area contributed by atoms with Gasteiger partial charge in [0, 0.05) is 25.2 Å². The molecule has 2 aliphatic heterocycles. The Bertz CT molecular complexity index is 678. The van der Waals surface area contributed by atoms with Crippen molar-refractivity contribution in [2.45, 2.75) is 59.2 Å². The Morgan fingerprint density at radius 1 is 1.25 bits per heavy atom. The van der Waals surface area contributed by atoms with Gasteiger partial charge in [0.15, 0.2) is 0 Å². The standard InChI is InChI=1S/C21H32BNO5/c1-20(2,3)28-19(24)23-11-7-10-18(13-23)27-17-9-6-8-16(12-17)22-25-14-21(4,5)15-26-22/h6,8-9,12,18H,7,10-11,13-15H2,1-5H3/t18-/m0/s1. The molecule has 6 nitrogen and oxygen atoms in total. The quantitative estimate of drug-likeness (QED) is 0.743. The van der Waals surface area contributed by atoms with Crippen LogP contribution in [0.4, 0.5) is 4.79 Å². The van der Waals surface area contributed by atoms with Crippen molar-refractivity contribution in [2.24, 2.45) is 5.41 Å². The zero-order valence-electron chi connectivity index (χ0n) is 17.7. The molecule has 0 bridgehead atoms. The van der Waals surface area contributed by atoms with Crippen LogP contribution in [0.5, 0.6) is 5.75 Å². The molecule has 0 aromatic heterocycles. The van der Waals surface area contributed by atoms with Gasteiger partial charge in [0.05, 0.1) is 6.54 Å². The molecule has 0 unspecified atom stereocenters. The van der Waals surface area contributed by atoms with Gasteiger partial charge in [0.1, 0.15) is 17.5 Å². The predicted molar refractivity (Wildman–Crippen MR) is 109 cm³/mol. The maximum Gasteiger partial charge on any atom is 0.494 e. The summed E-state index contributed by atoms with van der Waals surface area (Å²) in [6.45, 7) is 12.5. The average molecular weight is 389 g/mol. The molecular formula is C21H32BNO5. The van der Waals surface area contributed by atoms with Gasteiger partial charge in [-0.2, -0.15) is 0 Å². The highest BCUT2D eigenvalue weighted by Crippen LogP contribution is 2.23. The van der Waals surface area contributed by atoms with E-state index in [9.17, 15) is 4.79 Å². The molecule has 0 aliphatic carbocycles. The molecule has 0 saturated carbocycles. The number of ether oxygens (including phenoxy) is 2. The molecule has 154 valence electrons. The van der Waals surface area contributed by atoms with E-state index in [1.165, 1.54) is 0 Å². The minimum atomic E-state index is -0.492. The normalized spacial score (nSPS) is 22.7. The number of hydrogen-bond donors (Lipinski definition) is 0. The first-order valence-electron chi connectivity index (χ1n) is 10.1. The molecule has 0 N–H and O–H groups in total. The van der Waals surface area contributed by atoms with E-state index in [4.69, 9.17) is 18.8 Å². The third-order valence-electron chi connectivity index (χ3n) is 4.71. The largest absolute Gasteiger partial charge is 0.494 e. The summed E-state index contributed by atoms with van der Waals surface area (Å²) in [5.41, 5.74) is 0.499. The molecule has 2 aliphatic rings. The van der Waals surface area contributed by atoms with Gasteiger partial charge in [-0.15, -0.1) is 0 Å². The van der Waals surface area contributed by atoms with Crippen LogP contribution in [0.2, 0.25) is 0 Å². The van der Waals surface area contributed by atoms with Crippen LogP contribution >= 0.6 is 0 Å². The van der Waals surface area contributed by atoms with Crippen molar-refractivity contribution in [1.82, 2.24) is 4.90 Å². The highest BCUT2D eigenvalue weighted by molar-refractivity contribution is 6.61. The summed E-state index contributed by atoms with van der Waals surface area (Å²) in [6.07, 6.45) is 1.48. The van der Waals surface area contributed by atoms with E-state index in [1.807, 2.05) is 45.0 Å². The number of benzene rings is 1. The molecule has 0 radical (unpaired) electrons. The fourth-order valence-electron chi connectivity index (χ4n) is 3.34. The summed E-state index contributed by atoms with van der Waals surface area (Å²) < 4.78 is 23.4. The third kappa shape index (κ3) is 5.88. The van der Waals surface area contributed by atoms with Crippen molar-refractivity contribution in [3.05, 3.63) is 24.3 Å². The maximum atomic E-state index is 12.3. The van der Waals surface area contributed by atoms with Crippen LogP contribution in [0.1, 0.15) is 47.5 Å².